The lowest BCUT2D eigenvalue weighted by atomic mass is 10.1. The molecule has 144 valence electrons. The molecule has 0 N–H and O–H groups in total. The van der Waals surface area contributed by atoms with Gasteiger partial charge in [0.25, 0.3) is 0 Å². The van der Waals surface area contributed by atoms with Crippen molar-refractivity contribution < 1.29 is 19.0 Å². The molecule has 1 heterocycles. The van der Waals surface area contributed by atoms with Gasteiger partial charge in [0.15, 0.2) is 5.82 Å². The van der Waals surface area contributed by atoms with E-state index < -0.39 is 11.7 Å². The molecule has 1 aromatic heterocycles. The number of hydrogen-bond donors (Lipinski definition) is 0. The van der Waals surface area contributed by atoms with Crippen molar-refractivity contribution in [3.05, 3.63) is 48.2 Å². The Balaban J connectivity index is 2.43. The third kappa shape index (κ3) is 5.44. The van der Waals surface area contributed by atoms with Crippen molar-refractivity contribution >= 4 is 18.0 Å². The maximum atomic E-state index is 12.8. The van der Waals surface area contributed by atoms with Gasteiger partial charge in [-0.1, -0.05) is 12.7 Å². The Bertz CT molecular complexity index is 815. The molecule has 0 aliphatic heterocycles. The lowest BCUT2D eigenvalue weighted by Crippen LogP contribution is -2.37. The highest BCUT2D eigenvalue weighted by molar-refractivity contribution is 5.87. The first-order chi connectivity index (χ1) is 12.8. The Labute approximate surface area is 159 Å². The Morgan fingerprint density at radius 3 is 2.56 bits per heavy atom. The zero-order valence-electron chi connectivity index (χ0n) is 16.4. The molecule has 0 aliphatic rings. The molecule has 1 aromatic carbocycles. The van der Waals surface area contributed by atoms with E-state index in [4.69, 9.17) is 14.2 Å². The van der Waals surface area contributed by atoms with Crippen molar-refractivity contribution in [3.8, 4) is 11.5 Å². The van der Waals surface area contributed by atoms with E-state index in [1.165, 1.54) is 4.90 Å². The summed E-state index contributed by atoms with van der Waals surface area (Å²) in [5.74, 6) is 1.61. The highest BCUT2D eigenvalue weighted by Gasteiger charge is 2.26. The van der Waals surface area contributed by atoms with Crippen LogP contribution in [0.5, 0.6) is 11.5 Å². The van der Waals surface area contributed by atoms with Crippen LogP contribution in [0.4, 0.5) is 10.6 Å². The number of hydrogen-bond acceptors (Lipinski definition) is 6. The first-order valence-electron chi connectivity index (χ1n) is 8.44. The third-order valence-corrected chi connectivity index (χ3v) is 3.61. The second-order valence-electron chi connectivity index (χ2n) is 6.80. The number of amides is 1. The molecule has 0 saturated heterocycles. The van der Waals surface area contributed by atoms with E-state index in [1.54, 1.807) is 44.7 Å². The highest BCUT2D eigenvalue weighted by Crippen LogP contribution is 2.28. The minimum absolute atomic E-state index is 0.192. The Kier molecular flexibility index (Phi) is 6.39. The smallest absolute Gasteiger partial charge is 0.416 e. The zero-order valence-corrected chi connectivity index (χ0v) is 16.4. The molecule has 1 amide bonds. The highest BCUT2D eigenvalue weighted by atomic mass is 16.6. The summed E-state index contributed by atoms with van der Waals surface area (Å²) in [4.78, 5) is 14.2. The summed E-state index contributed by atoms with van der Waals surface area (Å²) in [5, 5.41) is 8.03. The van der Waals surface area contributed by atoms with Gasteiger partial charge in [-0.2, -0.15) is 5.10 Å². The van der Waals surface area contributed by atoms with E-state index in [1.807, 2.05) is 26.8 Å². The quantitative estimate of drug-likeness (QED) is 0.762. The van der Waals surface area contributed by atoms with Crippen LogP contribution < -0.4 is 14.4 Å². The summed E-state index contributed by atoms with van der Waals surface area (Å²) in [5.41, 5.74) is 0.869. The number of carbonyl (C=O) groups excluding carboxylic acids is 1. The molecular formula is C20H25N3O4. The Morgan fingerprint density at radius 1 is 1.22 bits per heavy atom. The predicted molar refractivity (Wildman–Crippen MR) is 104 cm³/mol. The van der Waals surface area contributed by atoms with Crippen LogP contribution in [-0.2, 0) is 11.3 Å². The molecule has 0 fully saturated rings. The fraction of sp³-hybridized carbons (Fsp3) is 0.350. The van der Waals surface area contributed by atoms with Crippen molar-refractivity contribution in [2.45, 2.75) is 32.9 Å². The first kappa shape index (κ1) is 20.2. The van der Waals surface area contributed by atoms with E-state index in [2.05, 4.69) is 16.8 Å². The molecule has 0 spiro atoms. The number of anilines is 1. The summed E-state index contributed by atoms with van der Waals surface area (Å²) in [6.45, 7) is 9.35. The molecule has 0 unspecified atom stereocenters. The monoisotopic (exact) mass is 371 g/mol. The second-order valence-corrected chi connectivity index (χ2v) is 6.80. The van der Waals surface area contributed by atoms with Crippen LogP contribution in [-0.4, -0.2) is 36.1 Å². The predicted octanol–water partition coefficient (Wildman–Crippen LogP) is 4.08. The molecule has 0 saturated carbocycles. The van der Waals surface area contributed by atoms with Gasteiger partial charge in [-0.15, -0.1) is 5.10 Å². The molecule has 0 atom stereocenters. The van der Waals surface area contributed by atoms with Gasteiger partial charge >= 0.3 is 6.09 Å². The van der Waals surface area contributed by atoms with Gasteiger partial charge in [0.05, 0.1) is 27.0 Å². The number of nitrogens with zero attached hydrogens (tertiary/aromatic N) is 3. The topological polar surface area (TPSA) is 73.8 Å². The summed E-state index contributed by atoms with van der Waals surface area (Å²) in [6.07, 6.45) is 2.67. The number of benzene rings is 1. The Morgan fingerprint density at radius 2 is 1.96 bits per heavy atom. The lowest BCUT2D eigenvalue weighted by molar-refractivity contribution is 0.0576. The van der Waals surface area contributed by atoms with Crippen LogP contribution in [0, 0.1) is 0 Å². The number of rotatable bonds is 6. The van der Waals surface area contributed by atoms with E-state index >= 15 is 0 Å². The lowest BCUT2D eigenvalue weighted by Gasteiger charge is -2.27. The van der Waals surface area contributed by atoms with E-state index in [-0.39, 0.29) is 6.54 Å². The molecule has 0 bridgehead atoms. The third-order valence-electron chi connectivity index (χ3n) is 3.61. The van der Waals surface area contributed by atoms with Crippen LogP contribution in [0.3, 0.4) is 0 Å². The molecule has 7 nitrogen and oxygen atoms in total. The van der Waals surface area contributed by atoms with Crippen molar-refractivity contribution in [2.75, 3.05) is 19.1 Å². The molecular weight excluding hydrogens is 346 g/mol. The van der Waals surface area contributed by atoms with Gasteiger partial charge in [-0.3, -0.25) is 4.90 Å². The van der Waals surface area contributed by atoms with Gasteiger partial charge in [0.1, 0.15) is 17.1 Å². The minimum atomic E-state index is -0.650. The van der Waals surface area contributed by atoms with Gasteiger partial charge < -0.3 is 14.2 Å². The molecule has 2 aromatic rings. The fourth-order valence-electron chi connectivity index (χ4n) is 2.32. The number of aromatic nitrogens is 2. The molecule has 0 aliphatic carbocycles. The second kappa shape index (κ2) is 8.53. The number of ether oxygens (including phenoxy) is 3. The SMILES string of the molecule is C=Cc1cnnc(N(Cc2ccc(OC)cc2OC)C(=O)OC(C)(C)C)c1. The van der Waals surface area contributed by atoms with E-state index in [0.29, 0.717) is 17.3 Å². The first-order valence-corrected chi connectivity index (χ1v) is 8.44. The molecule has 0 radical (unpaired) electrons. The summed E-state index contributed by atoms with van der Waals surface area (Å²) < 4.78 is 16.2. The standard InChI is InChI=1S/C20H25N3O4/c1-7-14-10-18(22-21-12-14)23(19(24)27-20(2,3)4)13-15-8-9-16(25-5)11-17(15)26-6/h7-12H,1,13H2,2-6H3. The van der Waals surface area contributed by atoms with Crippen molar-refractivity contribution in [3.63, 3.8) is 0 Å². The fourth-order valence-corrected chi connectivity index (χ4v) is 2.32. The normalized spacial score (nSPS) is 10.9. The van der Waals surface area contributed by atoms with Crippen LogP contribution >= 0.6 is 0 Å². The van der Waals surface area contributed by atoms with Gasteiger partial charge in [0.2, 0.25) is 0 Å². The van der Waals surface area contributed by atoms with Crippen LogP contribution in [0.25, 0.3) is 6.08 Å². The van der Waals surface area contributed by atoms with Crippen molar-refractivity contribution in [2.24, 2.45) is 0 Å². The van der Waals surface area contributed by atoms with Gasteiger partial charge in [0, 0.05) is 11.6 Å². The average molecular weight is 371 g/mol. The Hall–Kier alpha value is -3.09. The largest absolute Gasteiger partial charge is 0.497 e. The average Bonchev–Trinajstić information content (AvgIpc) is 2.64. The minimum Gasteiger partial charge on any atom is -0.497 e. The maximum absolute atomic E-state index is 12.8. The van der Waals surface area contributed by atoms with Crippen molar-refractivity contribution in [1.29, 1.82) is 0 Å². The molecule has 7 heteroatoms. The van der Waals surface area contributed by atoms with Crippen LogP contribution in [0.1, 0.15) is 31.9 Å². The van der Waals surface area contributed by atoms with E-state index in [9.17, 15) is 4.79 Å². The molecule has 2 rings (SSSR count). The number of carbonyl (C=O) groups is 1. The summed E-state index contributed by atoms with van der Waals surface area (Å²) in [6, 6.07) is 7.12. The molecule has 27 heavy (non-hydrogen) atoms. The van der Waals surface area contributed by atoms with Gasteiger partial charge in [-0.05, 0) is 44.5 Å². The summed E-state index contributed by atoms with van der Waals surface area (Å²) >= 11 is 0. The summed E-state index contributed by atoms with van der Waals surface area (Å²) in [7, 11) is 3.14. The van der Waals surface area contributed by atoms with Crippen molar-refractivity contribution in [1.82, 2.24) is 10.2 Å². The van der Waals surface area contributed by atoms with E-state index in [0.717, 1.165) is 11.1 Å². The van der Waals surface area contributed by atoms with Crippen LogP contribution in [0.15, 0.2) is 37.0 Å². The maximum Gasteiger partial charge on any atom is 0.416 e. The van der Waals surface area contributed by atoms with Crippen LogP contribution in [0.2, 0.25) is 0 Å². The number of methoxy groups -OCH3 is 2. The van der Waals surface area contributed by atoms with Gasteiger partial charge in [-0.25, -0.2) is 4.79 Å². The zero-order chi connectivity index (χ0) is 20.0.